The van der Waals surface area contributed by atoms with Crippen molar-refractivity contribution in [1.29, 1.82) is 0 Å². The Morgan fingerprint density at radius 1 is 1.59 bits per heavy atom. The Bertz CT molecular complexity index is 354. The highest BCUT2D eigenvalue weighted by molar-refractivity contribution is 7.07. The van der Waals surface area contributed by atoms with Crippen LogP contribution in [0.25, 0.3) is 0 Å². The maximum Gasteiger partial charge on any atom is 0.0856 e. The van der Waals surface area contributed by atoms with Crippen LogP contribution < -0.4 is 5.73 Å². The first-order valence-corrected chi connectivity index (χ1v) is 7.39. The highest BCUT2D eigenvalue weighted by Gasteiger charge is 2.34. The zero-order valence-corrected chi connectivity index (χ0v) is 10.9. The Kier molecular flexibility index (Phi) is 3.47. The fraction of sp³-hybridized carbons (Fsp3) is 0.692. The predicted molar refractivity (Wildman–Crippen MR) is 70.3 cm³/mol. The van der Waals surface area contributed by atoms with E-state index in [2.05, 4.69) is 21.7 Å². The smallest absolute Gasteiger partial charge is 0.0856 e. The highest BCUT2D eigenvalue weighted by atomic mass is 32.1. The minimum Gasteiger partial charge on any atom is -0.374 e. The summed E-state index contributed by atoms with van der Waals surface area (Å²) in [5.41, 5.74) is 7.62. The van der Waals surface area contributed by atoms with Crippen LogP contribution >= 0.6 is 11.3 Å². The molecule has 0 saturated carbocycles. The second kappa shape index (κ2) is 5.06. The molecule has 3 nitrogen and oxygen atoms in total. The molecule has 1 aromatic heterocycles. The maximum absolute atomic E-state index is 6.28. The van der Waals surface area contributed by atoms with Crippen molar-refractivity contribution in [1.82, 2.24) is 4.90 Å². The van der Waals surface area contributed by atoms with E-state index in [4.69, 9.17) is 10.5 Å². The second-order valence-corrected chi connectivity index (χ2v) is 5.94. The largest absolute Gasteiger partial charge is 0.374 e. The molecule has 2 saturated heterocycles. The summed E-state index contributed by atoms with van der Waals surface area (Å²) in [6.45, 7) is 3.13. The number of morpholine rings is 1. The summed E-state index contributed by atoms with van der Waals surface area (Å²) in [6, 6.07) is 2.96. The molecule has 2 N–H and O–H groups in total. The van der Waals surface area contributed by atoms with E-state index >= 15 is 0 Å². The van der Waals surface area contributed by atoms with Crippen LogP contribution in [0.3, 0.4) is 0 Å². The fourth-order valence-electron chi connectivity index (χ4n) is 2.91. The Morgan fingerprint density at radius 2 is 2.53 bits per heavy atom. The molecule has 0 radical (unpaired) electrons. The van der Waals surface area contributed by atoms with Gasteiger partial charge in [0.1, 0.15) is 0 Å². The van der Waals surface area contributed by atoms with Crippen LogP contribution in [0.2, 0.25) is 0 Å². The molecule has 4 heteroatoms. The summed E-state index contributed by atoms with van der Waals surface area (Å²) >= 11 is 1.74. The first-order valence-electron chi connectivity index (χ1n) is 6.45. The molecule has 0 bridgehead atoms. The number of nitrogens with two attached hydrogens (primary N) is 1. The lowest BCUT2D eigenvalue weighted by molar-refractivity contribution is -0.0589. The van der Waals surface area contributed by atoms with E-state index in [1.165, 1.54) is 24.9 Å². The molecular weight excluding hydrogens is 232 g/mol. The van der Waals surface area contributed by atoms with Gasteiger partial charge in [0.2, 0.25) is 0 Å². The quantitative estimate of drug-likeness (QED) is 0.885. The van der Waals surface area contributed by atoms with Gasteiger partial charge in [-0.3, -0.25) is 4.90 Å². The van der Waals surface area contributed by atoms with Crippen molar-refractivity contribution in [2.24, 2.45) is 5.73 Å². The number of thiophene rings is 1. The highest BCUT2D eigenvalue weighted by Crippen LogP contribution is 2.24. The van der Waals surface area contributed by atoms with Crippen molar-refractivity contribution < 1.29 is 4.74 Å². The van der Waals surface area contributed by atoms with Crippen LogP contribution in [-0.4, -0.2) is 42.8 Å². The van der Waals surface area contributed by atoms with Crippen LogP contribution in [0.1, 0.15) is 18.4 Å². The molecule has 0 aromatic carbocycles. The Labute approximate surface area is 107 Å². The van der Waals surface area contributed by atoms with Gasteiger partial charge in [-0.05, 0) is 48.2 Å². The summed E-state index contributed by atoms with van der Waals surface area (Å²) in [4.78, 5) is 2.56. The van der Waals surface area contributed by atoms with Crippen LogP contribution in [0, 0.1) is 0 Å². The van der Waals surface area contributed by atoms with Crippen molar-refractivity contribution in [2.75, 3.05) is 19.7 Å². The predicted octanol–water partition coefficient (Wildman–Crippen LogP) is 1.48. The molecule has 3 heterocycles. The van der Waals surface area contributed by atoms with Gasteiger partial charge in [-0.2, -0.15) is 11.3 Å². The van der Waals surface area contributed by atoms with Gasteiger partial charge in [-0.1, -0.05) is 0 Å². The molecule has 3 unspecified atom stereocenters. The average molecular weight is 252 g/mol. The number of nitrogens with zero attached hydrogens (tertiary/aromatic N) is 1. The Balaban J connectivity index is 1.57. The lowest BCUT2D eigenvalue weighted by atomic mass is 10.0. The molecule has 2 fully saturated rings. The number of fused-ring (bicyclic) bond motifs is 1. The summed E-state index contributed by atoms with van der Waals surface area (Å²) in [5.74, 6) is 0. The molecule has 0 spiro atoms. The average Bonchev–Trinajstić information content (AvgIpc) is 2.97. The fourth-order valence-corrected chi connectivity index (χ4v) is 3.60. The van der Waals surface area contributed by atoms with E-state index in [1.54, 1.807) is 11.3 Å². The maximum atomic E-state index is 6.28. The minimum absolute atomic E-state index is 0.131. The van der Waals surface area contributed by atoms with Gasteiger partial charge in [-0.15, -0.1) is 0 Å². The normalized spacial score (nSPS) is 31.4. The molecule has 94 valence electrons. The van der Waals surface area contributed by atoms with E-state index < -0.39 is 0 Å². The zero-order chi connectivity index (χ0) is 11.7. The third kappa shape index (κ3) is 2.55. The molecule has 1 aromatic rings. The topological polar surface area (TPSA) is 38.5 Å². The molecule has 2 aliphatic rings. The first-order chi connectivity index (χ1) is 8.33. The Hall–Kier alpha value is -0.420. The molecule has 3 rings (SSSR count). The van der Waals surface area contributed by atoms with Gasteiger partial charge in [0, 0.05) is 18.6 Å². The number of rotatable bonds is 3. The lowest BCUT2D eigenvalue weighted by Crippen LogP contribution is -2.53. The number of hydrogen-bond acceptors (Lipinski definition) is 4. The van der Waals surface area contributed by atoms with E-state index in [0.29, 0.717) is 6.04 Å². The summed E-state index contributed by atoms with van der Waals surface area (Å²) in [5, 5.41) is 4.29. The van der Waals surface area contributed by atoms with Gasteiger partial charge < -0.3 is 10.5 Å². The van der Waals surface area contributed by atoms with E-state index in [9.17, 15) is 0 Å². The third-order valence-electron chi connectivity index (χ3n) is 3.95. The van der Waals surface area contributed by atoms with Crippen LogP contribution in [-0.2, 0) is 11.2 Å². The molecule has 17 heavy (non-hydrogen) atoms. The van der Waals surface area contributed by atoms with Crippen molar-refractivity contribution in [2.45, 2.75) is 37.5 Å². The Morgan fingerprint density at radius 3 is 3.35 bits per heavy atom. The molecule has 3 atom stereocenters. The third-order valence-corrected chi connectivity index (χ3v) is 4.68. The number of hydrogen-bond donors (Lipinski definition) is 1. The summed E-state index contributed by atoms with van der Waals surface area (Å²) in [7, 11) is 0. The van der Waals surface area contributed by atoms with E-state index in [-0.39, 0.29) is 12.1 Å². The van der Waals surface area contributed by atoms with Crippen molar-refractivity contribution in [3.05, 3.63) is 22.4 Å². The summed E-state index contributed by atoms with van der Waals surface area (Å²) in [6.07, 6.45) is 3.77. The van der Waals surface area contributed by atoms with Crippen molar-refractivity contribution in [3.63, 3.8) is 0 Å². The first kappa shape index (κ1) is 11.7. The molecule has 0 amide bonds. The molecule has 0 aliphatic carbocycles. The SMILES string of the molecule is NC(Cc1ccsc1)C1CN2CCCC2CO1. The van der Waals surface area contributed by atoms with Gasteiger partial charge in [0.25, 0.3) is 0 Å². The van der Waals surface area contributed by atoms with Gasteiger partial charge >= 0.3 is 0 Å². The van der Waals surface area contributed by atoms with Crippen molar-refractivity contribution >= 4 is 11.3 Å². The standard InChI is InChI=1S/C13H20N2OS/c14-12(6-10-3-5-17-9-10)13-7-15-4-1-2-11(15)8-16-13/h3,5,9,11-13H,1-2,4,6-8,14H2. The van der Waals surface area contributed by atoms with E-state index in [1.807, 2.05) is 0 Å². The lowest BCUT2D eigenvalue weighted by Gasteiger charge is -2.37. The van der Waals surface area contributed by atoms with Crippen LogP contribution in [0.5, 0.6) is 0 Å². The zero-order valence-electron chi connectivity index (χ0n) is 10.0. The minimum atomic E-state index is 0.131. The van der Waals surface area contributed by atoms with Gasteiger partial charge in [0.05, 0.1) is 12.7 Å². The van der Waals surface area contributed by atoms with Crippen molar-refractivity contribution in [3.8, 4) is 0 Å². The van der Waals surface area contributed by atoms with Gasteiger partial charge in [-0.25, -0.2) is 0 Å². The van der Waals surface area contributed by atoms with Gasteiger partial charge in [0.15, 0.2) is 0 Å². The number of ether oxygens (including phenoxy) is 1. The second-order valence-electron chi connectivity index (χ2n) is 5.16. The molecule has 2 aliphatic heterocycles. The molecular formula is C13H20N2OS. The summed E-state index contributed by atoms with van der Waals surface area (Å²) < 4.78 is 5.94. The van der Waals surface area contributed by atoms with Crippen LogP contribution in [0.4, 0.5) is 0 Å². The van der Waals surface area contributed by atoms with Crippen LogP contribution in [0.15, 0.2) is 16.8 Å². The van der Waals surface area contributed by atoms with E-state index in [0.717, 1.165) is 19.6 Å². The monoisotopic (exact) mass is 252 g/mol.